The summed E-state index contributed by atoms with van der Waals surface area (Å²) in [5.41, 5.74) is 3.02. The van der Waals surface area contributed by atoms with Crippen LogP contribution >= 0.6 is 0 Å². The van der Waals surface area contributed by atoms with Crippen LogP contribution in [0.4, 0.5) is 0 Å². The Morgan fingerprint density at radius 3 is 2.82 bits per heavy atom. The Kier molecular flexibility index (Phi) is 4.87. The van der Waals surface area contributed by atoms with Gasteiger partial charge in [0, 0.05) is 12.7 Å². The van der Waals surface area contributed by atoms with Gasteiger partial charge in [-0.15, -0.1) is 4.40 Å². The second-order valence-electron chi connectivity index (χ2n) is 7.94. The number of carbonyl (C=O) groups is 1. The quantitative estimate of drug-likeness (QED) is 0.847. The summed E-state index contributed by atoms with van der Waals surface area (Å²) in [6.07, 6.45) is 7.03. The predicted molar refractivity (Wildman–Crippen MR) is 109 cm³/mol. The van der Waals surface area contributed by atoms with Crippen molar-refractivity contribution >= 4 is 21.8 Å². The molecule has 1 N–H and O–H groups in total. The summed E-state index contributed by atoms with van der Waals surface area (Å²) >= 11 is 0. The van der Waals surface area contributed by atoms with Crippen molar-refractivity contribution in [3.63, 3.8) is 0 Å². The van der Waals surface area contributed by atoms with E-state index in [1.54, 1.807) is 23.3 Å². The van der Waals surface area contributed by atoms with Crippen LogP contribution in [0, 0.1) is 11.8 Å². The number of hydrogen-bond donors (Lipinski definition) is 1. The number of carbonyl (C=O) groups excluding carboxylic acids is 1. The summed E-state index contributed by atoms with van der Waals surface area (Å²) < 4.78 is 27.1. The van der Waals surface area contributed by atoms with Gasteiger partial charge >= 0.3 is 0 Å². The maximum absolute atomic E-state index is 13.0. The lowest BCUT2D eigenvalue weighted by Crippen LogP contribution is -2.41. The molecule has 2 aliphatic heterocycles. The van der Waals surface area contributed by atoms with Gasteiger partial charge in [-0.1, -0.05) is 38.1 Å². The molecule has 2 unspecified atom stereocenters. The molecule has 4 rings (SSSR count). The summed E-state index contributed by atoms with van der Waals surface area (Å²) in [7, 11) is -3.40. The molecule has 1 aromatic carbocycles. The highest BCUT2D eigenvalue weighted by Gasteiger charge is 2.33. The zero-order valence-corrected chi connectivity index (χ0v) is 16.9. The van der Waals surface area contributed by atoms with E-state index in [-0.39, 0.29) is 17.7 Å². The average Bonchev–Trinajstić information content (AvgIpc) is 2.67. The van der Waals surface area contributed by atoms with Crippen molar-refractivity contribution in [2.45, 2.75) is 32.7 Å². The van der Waals surface area contributed by atoms with Crippen molar-refractivity contribution in [2.24, 2.45) is 16.2 Å². The minimum Gasteiger partial charge on any atom is -0.345 e. The standard InChI is InChI=1S/C21H25N3O3S/c1-14(2)17-9-7-15-5-3-4-6-18(15)20(17)22-21(25)16-8-10-19-23-28(26,27)12-11-24(19)13-16/h3-6,8,10,13-14,17,20H,7,9,11-12H2,1-2H3,(H,22,25). The minimum atomic E-state index is -3.40. The van der Waals surface area contributed by atoms with Crippen molar-refractivity contribution in [2.75, 3.05) is 12.3 Å². The molecule has 148 valence electrons. The van der Waals surface area contributed by atoms with Crippen LogP contribution in [0.25, 0.3) is 0 Å². The molecule has 28 heavy (non-hydrogen) atoms. The second kappa shape index (κ2) is 7.20. The molecule has 0 saturated heterocycles. The van der Waals surface area contributed by atoms with Crippen LogP contribution in [0.1, 0.15) is 37.4 Å². The molecule has 2 atom stereocenters. The SMILES string of the molecule is CC(C)C1CCc2ccccc2C1NC(=O)C1=CN2CCS(=O)(=O)N=C2C=C1. The molecule has 0 spiro atoms. The normalized spacial score (nSPS) is 25.5. The first-order valence-electron chi connectivity index (χ1n) is 9.72. The first-order valence-corrected chi connectivity index (χ1v) is 11.3. The van der Waals surface area contributed by atoms with E-state index in [2.05, 4.69) is 35.7 Å². The van der Waals surface area contributed by atoms with Crippen LogP contribution < -0.4 is 5.32 Å². The van der Waals surface area contributed by atoms with Crippen molar-refractivity contribution in [1.29, 1.82) is 0 Å². The van der Waals surface area contributed by atoms with Crippen LogP contribution in [-0.2, 0) is 21.2 Å². The fourth-order valence-corrected chi connectivity index (χ4v) is 5.22. The average molecular weight is 400 g/mol. The van der Waals surface area contributed by atoms with E-state index in [9.17, 15) is 13.2 Å². The third-order valence-corrected chi connectivity index (χ3v) is 6.96. The molecule has 1 aromatic rings. The third kappa shape index (κ3) is 3.63. The molecule has 6 nitrogen and oxygen atoms in total. The molecule has 7 heteroatoms. The number of nitrogens with zero attached hydrogens (tertiary/aromatic N) is 2. The Labute approximate surface area is 166 Å². The van der Waals surface area contributed by atoms with Crippen LogP contribution in [0.3, 0.4) is 0 Å². The number of nitrogens with one attached hydrogen (secondary N) is 1. The molecule has 0 radical (unpaired) electrons. The molecule has 2 heterocycles. The lowest BCUT2D eigenvalue weighted by atomic mass is 9.74. The Balaban J connectivity index is 1.58. The van der Waals surface area contributed by atoms with Gasteiger partial charge in [0.2, 0.25) is 0 Å². The summed E-state index contributed by atoms with van der Waals surface area (Å²) in [5.74, 6) is 1.02. The van der Waals surface area contributed by atoms with Gasteiger partial charge < -0.3 is 10.2 Å². The summed E-state index contributed by atoms with van der Waals surface area (Å²) in [6.45, 7) is 4.71. The number of hydrogen-bond acceptors (Lipinski definition) is 4. The Bertz CT molecular complexity index is 992. The van der Waals surface area contributed by atoms with Crippen molar-refractivity contribution < 1.29 is 13.2 Å². The van der Waals surface area contributed by atoms with E-state index in [4.69, 9.17) is 0 Å². The van der Waals surface area contributed by atoms with Gasteiger partial charge in [0.15, 0.2) is 0 Å². The van der Waals surface area contributed by atoms with E-state index in [0.717, 1.165) is 12.8 Å². The van der Waals surface area contributed by atoms with Crippen molar-refractivity contribution in [3.05, 3.63) is 59.3 Å². The summed E-state index contributed by atoms with van der Waals surface area (Å²) in [4.78, 5) is 14.8. The second-order valence-corrected chi connectivity index (χ2v) is 9.70. The van der Waals surface area contributed by atoms with E-state index < -0.39 is 10.0 Å². The minimum absolute atomic E-state index is 0.0245. The fourth-order valence-electron chi connectivity index (χ4n) is 4.25. The highest BCUT2D eigenvalue weighted by molar-refractivity contribution is 7.90. The Morgan fingerprint density at radius 1 is 1.25 bits per heavy atom. The maximum atomic E-state index is 13.0. The van der Waals surface area contributed by atoms with Gasteiger partial charge in [-0.2, -0.15) is 0 Å². The maximum Gasteiger partial charge on any atom is 0.256 e. The highest BCUT2D eigenvalue weighted by atomic mass is 32.2. The van der Waals surface area contributed by atoms with Gasteiger partial charge in [0.05, 0.1) is 17.4 Å². The molecule has 0 bridgehead atoms. The largest absolute Gasteiger partial charge is 0.345 e. The Morgan fingerprint density at radius 2 is 2.04 bits per heavy atom. The fraction of sp³-hybridized carbons (Fsp3) is 0.429. The molecule has 0 fully saturated rings. The molecular weight excluding hydrogens is 374 g/mol. The molecule has 1 aliphatic carbocycles. The van der Waals surface area contributed by atoms with Crippen molar-refractivity contribution in [3.8, 4) is 0 Å². The van der Waals surface area contributed by atoms with Gasteiger partial charge in [-0.25, -0.2) is 8.42 Å². The first-order chi connectivity index (χ1) is 13.3. The van der Waals surface area contributed by atoms with Crippen LogP contribution in [0.15, 0.2) is 52.6 Å². The van der Waals surface area contributed by atoms with Gasteiger partial charge in [0.25, 0.3) is 15.9 Å². The first kappa shape index (κ1) is 18.9. The number of fused-ring (bicyclic) bond motifs is 2. The zero-order valence-electron chi connectivity index (χ0n) is 16.1. The number of rotatable bonds is 3. The highest BCUT2D eigenvalue weighted by Crippen LogP contribution is 2.38. The lowest BCUT2D eigenvalue weighted by molar-refractivity contribution is -0.118. The lowest BCUT2D eigenvalue weighted by Gasteiger charge is -2.37. The number of benzene rings is 1. The topological polar surface area (TPSA) is 78.8 Å². The number of aryl methyl sites for hydroxylation is 1. The van der Waals surface area contributed by atoms with E-state index in [1.165, 1.54) is 11.1 Å². The van der Waals surface area contributed by atoms with E-state index in [1.807, 2.05) is 12.1 Å². The number of amides is 1. The number of sulfonamides is 1. The summed E-state index contributed by atoms with van der Waals surface area (Å²) in [5, 5.41) is 3.24. The smallest absolute Gasteiger partial charge is 0.256 e. The van der Waals surface area contributed by atoms with Gasteiger partial charge in [-0.3, -0.25) is 4.79 Å². The Hall–Kier alpha value is -2.41. The van der Waals surface area contributed by atoms with Crippen LogP contribution in [0.2, 0.25) is 0 Å². The molecule has 0 aromatic heterocycles. The van der Waals surface area contributed by atoms with Crippen molar-refractivity contribution in [1.82, 2.24) is 10.2 Å². The molecular formula is C21H25N3O3S. The van der Waals surface area contributed by atoms with Gasteiger partial charge in [-0.05, 0) is 48.0 Å². The number of amidine groups is 1. The summed E-state index contributed by atoms with van der Waals surface area (Å²) in [6, 6.07) is 8.30. The van der Waals surface area contributed by atoms with Crippen LogP contribution in [0.5, 0.6) is 0 Å². The van der Waals surface area contributed by atoms with E-state index >= 15 is 0 Å². The zero-order chi connectivity index (χ0) is 19.9. The van der Waals surface area contributed by atoms with Gasteiger partial charge in [0.1, 0.15) is 5.84 Å². The molecule has 3 aliphatic rings. The molecule has 1 amide bonds. The molecule has 0 saturated carbocycles. The third-order valence-electron chi connectivity index (χ3n) is 5.79. The van der Waals surface area contributed by atoms with E-state index in [0.29, 0.717) is 29.8 Å². The monoisotopic (exact) mass is 399 g/mol. The van der Waals surface area contributed by atoms with Crippen LogP contribution in [-0.4, -0.2) is 37.4 Å². The predicted octanol–water partition coefficient (Wildman–Crippen LogP) is 2.56.